The van der Waals surface area contributed by atoms with Crippen LogP contribution in [0.1, 0.15) is 0 Å². The van der Waals surface area contributed by atoms with Crippen molar-refractivity contribution in [1.82, 2.24) is 9.97 Å². The topological polar surface area (TPSA) is 58.9 Å². The normalized spacial score (nSPS) is 10.9. The number of furan rings is 1. The number of nitrogens with one attached hydrogen (secondary N) is 1. The van der Waals surface area contributed by atoms with Crippen LogP contribution in [0.3, 0.4) is 0 Å². The smallest absolute Gasteiger partial charge is 0.259 e. The minimum Gasteiger partial charge on any atom is -0.472 e. The van der Waals surface area contributed by atoms with Gasteiger partial charge in [-0.3, -0.25) is 4.79 Å². The summed E-state index contributed by atoms with van der Waals surface area (Å²) in [5.74, 6) is 0.545. The predicted molar refractivity (Wildman–Crippen MR) is 57.9 cm³/mol. The summed E-state index contributed by atoms with van der Waals surface area (Å²) in [6.45, 7) is 0. The third kappa shape index (κ3) is 1.28. The van der Waals surface area contributed by atoms with E-state index in [-0.39, 0.29) is 5.56 Å². The predicted octanol–water partition coefficient (Wildman–Crippen LogP) is 2.24. The van der Waals surface area contributed by atoms with Gasteiger partial charge in [-0.15, -0.1) is 11.3 Å². The second-order valence-electron chi connectivity index (χ2n) is 3.07. The minimum atomic E-state index is -0.113. The first-order chi connectivity index (χ1) is 7.34. The third-order valence-corrected chi connectivity index (χ3v) is 2.94. The van der Waals surface area contributed by atoms with Crippen LogP contribution >= 0.6 is 11.3 Å². The summed E-state index contributed by atoms with van der Waals surface area (Å²) in [7, 11) is 0. The fraction of sp³-hybridized carbons (Fsp3) is 0. The first kappa shape index (κ1) is 8.43. The van der Waals surface area contributed by atoms with Crippen LogP contribution in [-0.2, 0) is 0 Å². The summed E-state index contributed by atoms with van der Waals surface area (Å²) >= 11 is 1.45. The number of rotatable bonds is 1. The highest BCUT2D eigenvalue weighted by atomic mass is 32.1. The molecule has 0 aliphatic rings. The molecule has 0 bridgehead atoms. The van der Waals surface area contributed by atoms with E-state index in [1.165, 1.54) is 11.3 Å². The molecular formula is C10H6N2O2S. The zero-order valence-corrected chi connectivity index (χ0v) is 8.38. The van der Waals surface area contributed by atoms with Crippen molar-refractivity contribution in [2.45, 2.75) is 0 Å². The van der Waals surface area contributed by atoms with Crippen molar-refractivity contribution >= 4 is 21.6 Å². The summed E-state index contributed by atoms with van der Waals surface area (Å²) < 4.78 is 4.94. The molecule has 3 rings (SSSR count). The maximum absolute atomic E-state index is 11.6. The largest absolute Gasteiger partial charge is 0.472 e. The maximum atomic E-state index is 11.6. The maximum Gasteiger partial charge on any atom is 0.259 e. The molecule has 0 aromatic carbocycles. The van der Waals surface area contributed by atoms with Crippen molar-refractivity contribution in [1.29, 1.82) is 0 Å². The van der Waals surface area contributed by atoms with Gasteiger partial charge in [0, 0.05) is 0 Å². The van der Waals surface area contributed by atoms with Crippen LogP contribution in [0.25, 0.3) is 21.6 Å². The van der Waals surface area contributed by atoms with E-state index >= 15 is 0 Å². The van der Waals surface area contributed by atoms with Crippen LogP contribution in [0.15, 0.2) is 39.3 Å². The highest BCUT2D eigenvalue weighted by Crippen LogP contribution is 2.19. The fourth-order valence-electron chi connectivity index (χ4n) is 1.40. The molecule has 0 saturated carbocycles. The average Bonchev–Trinajstić information content (AvgIpc) is 2.88. The molecule has 0 unspecified atom stereocenters. The van der Waals surface area contributed by atoms with E-state index in [4.69, 9.17) is 4.42 Å². The Hall–Kier alpha value is -1.88. The van der Waals surface area contributed by atoms with Crippen molar-refractivity contribution in [2.24, 2.45) is 0 Å². The average molecular weight is 218 g/mol. The minimum absolute atomic E-state index is 0.113. The van der Waals surface area contributed by atoms with Crippen molar-refractivity contribution in [3.05, 3.63) is 40.4 Å². The Bertz CT molecular complexity index is 651. The van der Waals surface area contributed by atoms with E-state index in [1.807, 2.05) is 5.38 Å². The van der Waals surface area contributed by atoms with Gasteiger partial charge in [0.1, 0.15) is 16.9 Å². The van der Waals surface area contributed by atoms with Crippen LogP contribution in [0.4, 0.5) is 0 Å². The Kier molecular flexibility index (Phi) is 1.72. The monoisotopic (exact) mass is 218 g/mol. The molecule has 0 amide bonds. The molecule has 0 radical (unpaired) electrons. The first-order valence-corrected chi connectivity index (χ1v) is 5.22. The van der Waals surface area contributed by atoms with Crippen molar-refractivity contribution in [3.8, 4) is 11.4 Å². The molecular weight excluding hydrogens is 212 g/mol. The van der Waals surface area contributed by atoms with E-state index < -0.39 is 0 Å². The summed E-state index contributed by atoms with van der Waals surface area (Å²) in [4.78, 5) is 19.4. The number of thiophene rings is 1. The van der Waals surface area contributed by atoms with Gasteiger partial charge < -0.3 is 9.40 Å². The fourth-order valence-corrected chi connectivity index (χ4v) is 2.17. The highest BCUT2D eigenvalue weighted by Gasteiger charge is 2.06. The van der Waals surface area contributed by atoms with Gasteiger partial charge in [0.25, 0.3) is 5.56 Å². The van der Waals surface area contributed by atoms with E-state index in [0.29, 0.717) is 11.2 Å². The SMILES string of the molecule is O=c1[nH]c(-c2ccoc2)nc2sccc12. The van der Waals surface area contributed by atoms with E-state index in [9.17, 15) is 4.79 Å². The second-order valence-corrected chi connectivity index (χ2v) is 3.96. The van der Waals surface area contributed by atoms with Crippen LogP contribution in [0.5, 0.6) is 0 Å². The van der Waals surface area contributed by atoms with Crippen molar-refractivity contribution in [2.75, 3.05) is 0 Å². The standard InChI is InChI=1S/C10H6N2O2S/c13-9-7-2-4-15-10(7)12-8(11-9)6-1-3-14-5-6/h1-5H,(H,11,12,13). The van der Waals surface area contributed by atoms with E-state index in [2.05, 4.69) is 9.97 Å². The van der Waals surface area contributed by atoms with Crippen LogP contribution in [-0.4, -0.2) is 9.97 Å². The number of hydrogen-bond donors (Lipinski definition) is 1. The molecule has 15 heavy (non-hydrogen) atoms. The molecule has 0 saturated heterocycles. The number of H-pyrrole nitrogens is 1. The number of aromatic nitrogens is 2. The summed E-state index contributed by atoms with van der Waals surface area (Å²) in [5.41, 5.74) is 0.667. The molecule has 5 heteroatoms. The van der Waals surface area contributed by atoms with Gasteiger partial charge in [-0.2, -0.15) is 0 Å². The van der Waals surface area contributed by atoms with Crippen LogP contribution in [0.2, 0.25) is 0 Å². The molecule has 4 nitrogen and oxygen atoms in total. The molecule has 3 aromatic heterocycles. The van der Waals surface area contributed by atoms with E-state index in [0.717, 1.165) is 10.4 Å². The highest BCUT2D eigenvalue weighted by molar-refractivity contribution is 7.16. The van der Waals surface area contributed by atoms with Gasteiger partial charge in [-0.05, 0) is 17.5 Å². The second kappa shape index (κ2) is 3.06. The summed E-state index contributed by atoms with van der Waals surface area (Å²) in [6.07, 6.45) is 3.10. The van der Waals surface area contributed by atoms with Gasteiger partial charge in [0.2, 0.25) is 0 Å². The van der Waals surface area contributed by atoms with Gasteiger partial charge in [0.15, 0.2) is 0 Å². The number of hydrogen-bond acceptors (Lipinski definition) is 4. The number of aromatic amines is 1. The Morgan fingerprint density at radius 3 is 3.13 bits per heavy atom. The molecule has 1 N–H and O–H groups in total. The molecule has 0 fully saturated rings. The van der Waals surface area contributed by atoms with Crippen LogP contribution < -0.4 is 5.56 Å². The Labute approximate surface area is 88.2 Å². The van der Waals surface area contributed by atoms with E-state index in [1.54, 1.807) is 24.7 Å². The van der Waals surface area contributed by atoms with Crippen LogP contribution in [0, 0.1) is 0 Å². The lowest BCUT2D eigenvalue weighted by atomic mass is 10.3. The number of fused-ring (bicyclic) bond motifs is 1. The Balaban J connectivity index is 2.34. The molecule has 74 valence electrons. The third-order valence-electron chi connectivity index (χ3n) is 2.13. The Morgan fingerprint density at radius 1 is 1.40 bits per heavy atom. The van der Waals surface area contributed by atoms with Gasteiger partial charge in [-0.1, -0.05) is 0 Å². The molecule has 3 heterocycles. The molecule has 0 atom stereocenters. The zero-order valence-electron chi connectivity index (χ0n) is 7.56. The lowest BCUT2D eigenvalue weighted by molar-refractivity contribution is 0.568. The first-order valence-electron chi connectivity index (χ1n) is 4.35. The zero-order chi connectivity index (χ0) is 10.3. The van der Waals surface area contributed by atoms with Crippen molar-refractivity contribution < 1.29 is 4.42 Å². The Morgan fingerprint density at radius 2 is 2.33 bits per heavy atom. The molecule has 0 aliphatic heterocycles. The van der Waals surface area contributed by atoms with Crippen molar-refractivity contribution in [3.63, 3.8) is 0 Å². The molecule has 0 aliphatic carbocycles. The number of nitrogens with zero attached hydrogens (tertiary/aromatic N) is 1. The quantitative estimate of drug-likeness (QED) is 0.681. The van der Waals surface area contributed by atoms with Gasteiger partial charge >= 0.3 is 0 Å². The molecule has 0 spiro atoms. The lowest BCUT2D eigenvalue weighted by Gasteiger charge is -1.95. The summed E-state index contributed by atoms with van der Waals surface area (Å²) in [5, 5.41) is 2.48. The van der Waals surface area contributed by atoms with Gasteiger partial charge in [-0.25, -0.2) is 4.98 Å². The lowest BCUT2D eigenvalue weighted by Crippen LogP contribution is -2.07. The molecule has 3 aromatic rings. The van der Waals surface area contributed by atoms with Gasteiger partial charge in [0.05, 0.1) is 17.2 Å². The summed E-state index contributed by atoms with van der Waals surface area (Å²) in [6, 6.07) is 3.53.